The summed E-state index contributed by atoms with van der Waals surface area (Å²) in [7, 11) is 0. The predicted octanol–water partition coefficient (Wildman–Crippen LogP) is 2.28. The van der Waals surface area contributed by atoms with Gasteiger partial charge >= 0.3 is 0 Å². The third-order valence-electron chi connectivity index (χ3n) is 2.67. The molecule has 0 radical (unpaired) electrons. The highest BCUT2D eigenvalue weighted by molar-refractivity contribution is 6.32. The van der Waals surface area contributed by atoms with Crippen molar-refractivity contribution < 1.29 is 9.72 Å². The molecule has 1 aromatic carbocycles. The summed E-state index contributed by atoms with van der Waals surface area (Å²) in [5.41, 5.74) is 1.22. The number of aryl methyl sites for hydroxylation is 1. The van der Waals surface area contributed by atoms with E-state index >= 15 is 0 Å². The van der Waals surface area contributed by atoms with Crippen LogP contribution < -0.4 is 5.32 Å². The number of nitro groups is 1. The Morgan fingerprint density at radius 2 is 2.14 bits per heavy atom. The second-order valence-corrected chi connectivity index (χ2v) is 4.66. The lowest BCUT2D eigenvalue weighted by Gasteiger charge is -2.05. The fourth-order valence-electron chi connectivity index (χ4n) is 1.58. The van der Waals surface area contributed by atoms with Crippen molar-refractivity contribution in [1.82, 2.24) is 15.3 Å². The Bertz CT molecular complexity index is 688. The van der Waals surface area contributed by atoms with Crippen LogP contribution in [-0.2, 0) is 6.54 Å². The van der Waals surface area contributed by atoms with Crippen molar-refractivity contribution in [1.29, 1.82) is 0 Å². The number of aromatic nitrogens is 2. The molecule has 0 atom stereocenters. The molecule has 0 aliphatic carbocycles. The first-order valence-corrected chi connectivity index (χ1v) is 6.35. The van der Waals surface area contributed by atoms with Gasteiger partial charge < -0.3 is 5.32 Å². The van der Waals surface area contributed by atoms with Crippen LogP contribution in [0.1, 0.15) is 21.7 Å². The SMILES string of the molecule is Cc1cnc(CNC(=O)c2ccc(Cl)c([N+](=O)[O-])c2)cn1. The second kappa shape index (κ2) is 6.27. The van der Waals surface area contributed by atoms with E-state index in [2.05, 4.69) is 15.3 Å². The minimum atomic E-state index is -0.634. The molecule has 1 aromatic heterocycles. The number of carbonyl (C=O) groups excluding carboxylic acids is 1. The zero-order valence-corrected chi connectivity index (χ0v) is 11.8. The van der Waals surface area contributed by atoms with Crippen molar-refractivity contribution in [2.45, 2.75) is 13.5 Å². The van der Waals surface area contributed by atoms with E-state index in [1.54, 1.807) is 12.4 Å². The molecule has 0 unspecified atom stereocenters. The van der Waals surface area contributed by atoms with E-state index in [1.165, 1.54) is 12.1 Å². The topological polar surface area (TPSA) is 98.0 Å². The Morgan fingerprint density at radius 1 is 1.38 bits per heavy atom. The summed E-state index contributed by atoms with van der Waals surface area (Å²) >= 11 is 5.69. The first-order valence-electron chi connectivity index (χ1n) is 5.97. The van der Waals surface area contributed by atoms with Gasteiger partial charge in [0.1, 0.15) is 5.02 Å². The molecule has 0 fully saturated rings. The maximum Gasteiger partial charge on any atom is 0.288 e. The molecule has 1 heterocycles. The fraction of sp³-hybridized carbons (Fsp3) is 0.154. The van der Waals surface area contributed by atoms with E-state index in [4.69, 9.17) is 11.6 Å². The van der Waals surface area contributed by atoms with Gasteiger partial charge in [-0.3, -0.25) is 24.9 Å². The van der Waals surface area contributed by atoms with E-state index in [0.717, 1.165) is 11.8 Å². The summed E-state index contributed by atoms with van der Waals surface area (Å²) < 4.78 is 0. The Kier molecular flexibility index (Phi) is 4.44. The molecule has 2 aromatic rings. The van der Waals surface area contributed by atoms with Gasteiger partial charge in [-0.2, -0.15) is 0 Å². The van der Waals surface area contributed by atoms with Crippen LogP contribution in [0.15, 0.2) is 30.6 Å². The molecule has 21 heavy (non-hydrogen) atoms. The third kappa shape index (κ3) is 3.73. The summed E-state index contributed by atoms with van der Waals surface area (Å²) in [4.78, 5) is 30.2. The van der Waals surface area contributed by atoms with Gasteiger partial charge in [0.05, 0.1) is 29.1 Å². The number of rotatable bonds is 4. The lowest BCUT2D eigenvalue weighted by atomic mass is 10.2. The molecule has 0 saturated carbocycles. The van der Waals surface area contributed by atoms with Gasteiger partial charge in [0, 0.05) is 17.8 Å². The maximum absolute atomic E-state index is 11.9. The smallest absolute Gasteiger partial charge is 0.288 e. The lowest BCUT2D eigenvalue weighted by molar-refractivity contribution is -0.384. The summed E-state index contributed by atoms with van der Waals surface area (Å²) in [5, 5.41) is 13.4. The van der Waals surface area contributed by atoms with E-state index in [-0.39, 0.29) is 22.8 Å². The van der Waals surface area contributed by atoms with Gasteiger partial charge in [0.15, 0.2) is 0 Å². The van der Waals surface area contributed by atoms with E-state index in [1.807, 2.05) is 6.92 Å². The minimum absolute atomic E-state index is 0.0130. The van der Waals surface area contributed by atoms with Crippen molar-refractivity contribution in [3.05, 3.63) is 62.7 Å². The van der Waals surface area contributed by atoms with Crippen molar-refractivity contribution in [2.24, 2.45) is 0 Å². The molecular weight excluding hydrogens is 296 g/mol. The van der Waals surface area contributed by atoms with E-state index in [0.29, 0.717) is 5.69 Å². The molecular formula is C13H11ClN4O3. The number of carbonyl (C=O) groups is 1. The molecule has 1 amide bonds. The number of nitrogens with one attached hydrogen (secondary N) is 1. The number of hydrogen-bond acceptors (Lipinski definition) is 5. The quantitative estimate of drug-likeness (QED) is 0.690. The molecule has 0 aliphatic heterocycles. The lowest BCUT2D eigenvalue weighted by Crippen LogP contribution is -2.23. The average Bonchev–Trinajstić information content (AvgIpc) is 2.46. The monoisotopic (exact) mass is 306 g/mol. The fourth-order valence-corrected chi connectivity index (χ4v) is 1.76. The molecule has 0 aliphatic rings. The van der Waals surface area contributed by atoms with Crippen molar-refractivity contribution >= 4 is 23.2 Å². The predicted molar refractivity (Wildman–Crippen MR) is 76.0 cm³/mol. The standard InChI is InChI=1S/C13H11ClN4O3/c1-8-5-16-10(6-15-8)7-17-13(19)9-2-3-11(14)12(4-9)18(20)21/h2-6H,7H2,1H3,(H,17,19). The Balaban J connectivity index is 2.08. The van der Waals surface area contributed by atoms with Crippen LogP contribution in [0.5, 0.6) is 0 Å². The number of halogens is 1. The van der Waals surface area contributed by atoms with Crippen LogP contribution in [0.2, 0.25) is 5.02 Å². The zero-order valence-electron chi connectivity index (χ0n) is 11.0. The number of amides is 1. The molecule has 0 saturated heterocycles. The number of hydrogen-bond donors (Lipinski definition) is 1. The number of benzene rings is 1. The van der Waals surface area contributed by atoms with Crippen LogP contribution >= 0.6 is 11.6 Å². The highest BCUT2D eigenvalue weighted by atomic mass is 35.5. The highest BCUT2D eigenvalue weighted by Gasteiger charge is 2.16. The Labute approximate surface area is 125 Å². The molecule has 2 rings (SSSR count). The molecule has 0 spiro atoms. The van der Waals surface area contributed by atoms with Gasteiger partial charge in [-0.15, -0.1) is 0 Å². The van der Waals surface area contributed by atoms with Gasteiger partial charge in [-0.25, -0.2) is 0 Å². The van der Waals surface area contributed by atoms with E-state index < -0.39 is 10.8 Å². The minimum Gasteiger partial charge on any atom is -0.346 e. The van der Waals surface area contributed by atoms with E-state index in [9.17, 15) is 14.9 Å². The molecule has 0 bridgehead atoms. The van der Waals surface area contributed by atoms with Crippen molar-refractivity contribution in [3.8, 4) is 0 Å². The first kappa shape index (κ1) is 14.9. The molecule has 108 valence electrons. The summed E-state index contributed by atoms with van der Waals surface area (Å²) in [6, 6.07) is 3.88. The van der Waals surface area contributed by atoms with Crippen molar-refractivity contribution in [2.75, 3.05) is 0 Å². The van der Waals surface area contributed by atoms with Crippen LogP contribution in [0.25, 0.3) is 0 Å². The Morgan fingerprint density at radius 3 is 2.76 bits per heavy atom. The summed E-state index contributed by atoms with van der Waals surface area (Å²) in [6.45, 7) is 1.99. The Hall–Kier alpha value is -2.54. The average molecular weight is 307 g/mol. The van der Waals surface area contributed by atoms with Crippen LogP contribution in [-0.4, -0.2) is 20.8 Å². The second-order valence-electron chi connectivity index (χ2n) is 4.26. The zero-order chi connectivity index (χ0) is 15.4. The van der Waals surface area contributed by atoms with Crippen LogP contribution in [0.3, 0.4) is 0 Å². The van der Waals surface area contributed by atoms with Crippen molar-refractivity contribution in [3.63, 3.8) is 0 Å². The van der Waals surface area contributed by atoms with Gasteiger partial charge in [-0.1, -0.05) is 11.6 Å². The number of nitrogens with zero attached hydrogens (tertiary/aromatic N) is 3. The third-order valence-corrected chi connectivity index (χ3v) is 2.99. The molecule has 8 heteroatoms. The van der Waals surface area contributed by atoms with Crippen LogP contribution in [0, 0.1) is 17.0 Å². The summed E-state index contributed by atoms with van der Waals surface area (Å²) in [5.74, 6) is -0.447. The summed E-state index contributed by atoms with van der Waals surface area (Å²) in [6.07, 6.45) is 3.15. The number of nitro benzene ring substituents is 1. The van der Waals surface area contributed by atoms with Gasteiger partial charge in [0.2, 0.25) is 0 Å². The van der Waals surface area contributed by atoms with Gasteiger partial charge in [0.25, 0.3) is 11.6 Å². The first-order chi connectivity index (χ1) is 9.97. The molecule has 7 nitrogen and oxygen atoms in total. The molecule has 1 N–H and O–H groups in total. The largest absolute Gasteiger partial charge is 0.346 e. The van der Waals surface area contributed by atoms with Crippen LogP contribution in [0.4, 0.5) is 5.69 Å². The van der Waals surface area contributed by atoms with Gasteiger partial charge in [-0.05, 0) is 19.1 Å². The highest BCUT2D eigenvalue weighted by Crippen LogP contribution is 2.24. The normalized spacial score (nSPS) is 10.2. The maximum atomic E-state index is 11.9.